The fourth-order valence-corrected chi connectivity index (χ4v) is 2.85. The predicted molar refractivity (Wildman–Crippen MR) is 78.0 cm³/mol. The van der Waals surface area contributed by atoms with Gasteiger partial charge in [-0.15, -0.1) is 10.2 Å². The molecule has 1 heterocycles. The van der Waals surface area contributed by atoms with Crippen molar-refractivity contribution >= 4 is 26.3 Å². The zero-order valence-corrected chi connectivity index (χ0v) is 12.8. The third kappa shape index (κ3) is 3.91. The number of nitrogens with zero attached hydrogens (tertiary/aromatic N) is 2. The van der Waals surface area contributed by atoms with Crippen molar-refractivity contribution in [1.82, 2.24) is 10.2 Å². The van der Waals surface area contributed by atoms with Gasteiger partial charge >= 0.3 is 0 Å². The normalized spacial score (nSPS) is 11.3. The fraction of sp³-hybridized carbons (Fsp3) is 0.333. The third-order valence-electron chi connectivity index (χ3n) is 2.39. The van der Waals surface area contributed by atoms with E-state index < -0.39 is 9.84 Å². The van der Waals surface area contributed by atoms with Crippen LogP contribution in [0.3, 0.4) is 0 Å². The summed E-state index contributed by atoms with van der Waals surface area (Å²) in [6.45, 7) is 3.02. The van der Waals surface area contributed by atoms with Crippen LogP contribution in [0.4, 0.5) is 5.13 Å². The number of ether oxygens (including phenoxy) is 1. The Balaban J connectivity index is 2.03. The first-order valence-electron chi connectivity index (χ1n) is 5.98. The molecule has 8 heteroatoms. The van der Waals surface area contributed by atoms with Gasteiger partial charge in [-0.2, -0.15) is 0 Å². The molecule has 2 rings (SSSR count). The molecule has 1 aromatic heterocycles. The molecule has 0 spiro atoms. The zero-order valence-electron chi connectivity index (χ0n) is 11.2. The summed E-state index contributed by atoms with van der Waals surface area (Å²) in [6.07, 6.45) is 1.17. The minimum atomic E-state index is -3.23. The molecule has 0 fully saturated rings. The van der Waals surface area contributed by atoms with Gasteiger partial charge in [0.15, 0.2) is 14.8 Å². The van der Waals surface area contributed by atoms with Gasteiger partial charge in [-0.3, -0.25) is 0 Å². The average Bonchev–Trinajstić information content (AvgIpc) is 2.84. The van der Waals surface area contributed by atoms with Crippen LogP contribution in [0.15, 0.2) is 29.2 Å². The minimum absolute atomic E-state index is 0.237. The molecule has 0 amide bonds. The molecule has 0 saturated carbocycles. The van der Waals surface area contributed by atoms with Gasteiger partial charge in [-0.1, -0.05) is 17.4 Å². The maximum atomic E-state index is 11.5. The number of benzene rings is 1. The largest absolute Gasteiger partial charge is 0.486 e. The van der Waals surface area contributed by atoms with E-state index in [1.54, 1.807) is 12.1 Å². The second kappa shape index (κ2) is 6.19. The van der Waals surface area contributed by atoms with Crippen molar-refractivity contribution in [3.63, 3.8) is 0 Å². The van der Waals surface area contributed by atoms with E-state index in [0.717, 1.165) is 16.7 Å². The summed E-state index contributed by atoms with van der Waals surface area (Å²) < 4.78 is 28.4. The Bertz CT molecular complexity index is 683. The van der Waals surface area contributed by atoms with Gasteiger partial charge in [0, 0.05) is 12.8 Å². The number of nitrogens with one attached hydrogen (secondary N) is 1. The standard InChI is InChI=1S/C12H15N3O3S2/c1-3-13-12-15-14-11(19-12)8-18-9-5-4-6-10(7-9)20(2,16)17/h4-7H,3,8H2,1-2H3,(H,13,15). The highest BCUT2D eigenvalue weighted by atomic mass is 32.2. The monoisotopic (exact) mass is 313 g/mol. The van der Waals surface area contributed by atoms with E-state index in [2.05, 4.69) is 15.5 Å². The quantitative estimate of drug-likeness (QED) is 0.878. The fourth-order valence-electron chi connectivity index (χ4n) is 1.47. The molecule has 2 aromatic rings. The molecule has 0 aliphatic heterocycles. The third-order valence-corrected chi connectivity index (χ3v) is 4.36. The van der Waals surface area contributed by atoms with Crippen molar-refractivity contribution in [2.45, 2.75) is 18.4 Å². The van der Waals surface area contributed by atoms with E-state index in [0.29, 0.717) is 5.75 Å². The summed E-state index contributed by atoms with van der Waals surface area (Å²) in [4.78, 5) is 0.237. The maximum absolute atomic E-state index is 11.5. The van der Waals surface area contributed by atoms with Gasteiger partial charge in [0.25, 0.3) is 0 Å². The molecule has 20 heavy (non-hydrogen) atoms. The van der Waals surface area contributed by atoms with E-state index in [9.17, 15) is 8.42 Å². The van der Waals surface area contributed by atoms with Crippen LogP contribution in [0.2, 0.25) is 0 Å². The van der Waals surface area contributed by atoms with E-state index in [-0.39, 0.29) is 11.5 Å². The predicted octanol–water partition coefficient (Wildman–Crippen LogP) is 1.95. The molecule has 0 aliphatic carbocycles. The lowest BCUT2D eigenvalue weighted by Gasteiger charge is -2.05. The molecule has 0 aliphatic rings. The highest BCUT2D eigenvalue weighted by Crippen LogP contribution is 2.20. The van der Waals surface area contributed by atoms with Gasteiger partial charge in [-0.25, -0.2) is 8.42 Å². The van der Waals surface area contributed by atoms with Gasteiger partial charge in [-0.05, 0) is 25.1 Å². The first-order chi connectivity index (χ1) is 9.49. The van der Waals surface area contributed by atoms with Gasteiger partial charge in [0.05, 0.1) is 4.90 Å². The molecule has 108 valence electrons. The van der Waals surface area contributed by atoms with Crippen molar-refractivity contribution in [2.75, 3.05) is 18.1 Å². The molecule has 0 saturated heterocycles. The van der Waals surface area contributed by atoms with Crippen LogP contribution in [0.25, 0.3) is 0 Å². The molecule has 6 nitrogen and oxygen atoms in total. The Morgan fingerprint density at radius 3 is 2.85 bits per heavy atom. The van der Waals surface area contributed by atoms with E-state index in [1.807, 2.05) is 6.92 Å². The summed E-state index contributed by atoms with van der Waals surface area (Å²) >= 11 is 1.41. The zero-order chi connectivity index (χ0) is 14.6. The van der Waals surface area contributed by atoms with Gasteiger partial charge in [0.1, 0.15) is 12.4 Å². The van der Waals surface area contributed by atoms with Gasteiger partial charge in [0.2, 0.25) is 5.13 Å². The first kappa shape index (κ1) is 14.7. The van der Waals surface area contributed by atoms with E-state index >= 15 is 0 Å². The van der Waals surface area contributed by atoms with Crippen LogP contribution in [0.1, 0.15) is 11.9 Å². The van der Waals surface area contributed by atoms with Crippen LogP contribution < -0.4 is 10.1 Å². The second-order valence-electron chi connectivity index (χ2n) is 4.07. The Morgan fingerprint density at radius 1 is 1.35 bits per heavy atom. The Morgan fingerprint density at radius 2 is 2.15 bits per heavy atom. The molecule has 1 aromatic carbocycles. The number of sulfone groups is 1. The van der Waals surface area contributed by atoms with Crippen molar-refractivity contribution in [1.29, 1.82) is 0 Å². The van der Waals surface area contributed by atoms with Crippen LogP contribution >= 0.6 is 11.3 Å². The summed E-state index contributed by atoms with van der Waals surface area (Å²) in [5, 5.41) is 12.5. The topological polar surface area (TPSA) is 81.2 Å². The molecule has 0 unspecified atom stereocenters. The van der Waals surface area contributed by atoms with E-state index in [4.69, 9.17) is 4.74 Å². The number of aromatic nitrogens is 2. The lowest BCUT2D eigenvalue weighted by molar-refractivity contribution is 0.303. The maximum Gasteiger partial charge on any atom is 0.205 e. The highest BCUT2D eigenvalue weighted by Gasteiger charge is 2.09. The number of rotatable bonds is 6. The lowest BCUT2D eigenvalue weighted by Crippen LogP contribution is -1.99. The van der Waals surface area contributed by atoms with Crippen LogP contribution in [0.5, 0.6) is 5.75 Å². The molecule has 0 bridgehead atoms. The Kier molecular flexibility index (Phi) is 4.56. The number of anilines is 1. The number of hydrogen-bond donors (Lipinski definition) is 1. The van der Waals surface area contributed by atoms with Crippen LogP contribution in [0, 0.1) is 0 Å². The number of hydrogen-bond acceptors (Lipinski definition) is 7. The summed E-state index contributed by atoms with van der Waals surface area (Å²) in [7, 11) is -3.23. The highest BCUT2D eigenvalue weighted by molar-refractivity contribution is 7.90. The summed E-state index contributed by atoms with van der Waals surface area (Å²) in [5.41, 5.74) is 0. The van der Waals surface area contributed by atoms with Gasteiger partial charge < -0.3 is 10.1 Å². The van der Waals surface area contributed by atoms with Crippen molar-refractivity contribution < 1.29 is 13.2 Å². The SMILES string of the molecule is CCNc1nnc(COc2cccc(S(C)(=O)=O)c2)s1. The molecular weight excluding hydrogens is 298 g/mol. The minimum Gasteiger partial charge on any atom is -0.486 e. The van der Waals surface area contributed by atoms with E-state index in [1.165, 1.54) is 29.7 Å². The van der Waals surface area contributed by atoms with Crippen molar-refractivity contribution in [2.24, 2.45) is 0 Å². The molecule has 1 N–H and O–H groups in total. The lowest BCUT2D eigenvalue weighted by atomic mass is 10.3. The summed E-state index contributed by atoms with van der Waals surface area (Å²) in [6, 6.07) is 6.40. The van der Waals surface area contributed by atoms with Crippen molar-refractivity contribution in [3.8, 4) is 5.75 Å². The van der Waals surface area contributed by atoms with Crippen LogP contribution in [-0.4, -0.2) is 31.4 Å². The molecule has 0 atom stereocenters. The average molecular weight is 313 g/mol. The summed E-state index contributed by atoms with van der Waals surface area (Å²) in [5.74, 6) is 0.494. The smallest absolute Gasteiger partial charge is 0.205 e. The van der Waals surface area contributed by atoms with Crippen LogP contribution in [-0.2, 0) is 16.4 Å². The molecular formula is C12H15N3O3S2. The Labute approximate surface area is 121 Å². The van der Waals surface area contributed by atoms with Crippen molar-refractivity contribution in [3.05, 3.63) is 29.3 Å². The second-order valence-corrected chi connectivity index (χ2v) is 7.14. The molecule has 0 radical (unpaired) electrons. The Hall–Kier alpha value is -1.67. The first-order valence-corrected chi connectivity index (χ1v) is 8.69.